The van der Waals surface area contributed by atoms with Crippen molar-refractivity contribution in [3.63, 3.8) is 0 Å². The second-order valence-electron chi connectivity index (χ2n) is 5.09. The zero-order chi connectivity index (χ0) is 14.6. The van der Waals surface area contributed by atoms with Crippen molar-refractivity contribution in [2.45, 2.75) is 38.6 Å². The Morgan fingerprint density at radius 3 is 2.47 bits per heavy atom. The second kappa shape index (κ2) is 6.50. The molecule has 0 saturated heterocycles. The van der Waals surface area contributed by atoms with E-state index in [2.05, 4.69) is 13.8 Å². The number of benzene rings is 1. The molecule has 1 atom stereocenters. The van der Waals surface area contributed by atoms with E-state index in [-0.39, 0.29) is 0 Å². The number of nitrogens with zero attached hydrogens (tertiary/aromatic N) is 1. The molecule has 1 rings (SSSR count). The highest BCUT2D eigenvalue weighted by Gasteiger charge is 2.22. The van der Waals surface area contributed by atoms with Gasteiger partial charge in [0, 0.05) is 20.1 Å². The molecule has 0 aliphatic carbocycles. The minimum Gasteiger partial charge on any atom is -0.326 e. The van der Waals surface area contributed by atoms with Crippen LogP contribution in [0.5, 0.6) is 0 Å². The van der Waals surface area contributed by atoms with Gasteiger partial charge in [-0.25, -0.2) is 12.7 Å². The summed E-state index contributed by atoms with van der Waals surface area (Å²) in [5.74, 6) is 0.351. The molecular formula is C14H24N2O2S. The van der Waals surface area contributed by atoms with Crippen LogP contribution in [0.25, 0.3) is 0 Å². The summed E-state index contributed by atoms with van der Waals surface area (Å²) in [7, 11) is -1.77. The standard InChI is InChI=1S/C14H24N2O2S/c1-5-11(2)10-16(4)19(17,18)14-7-6-13(9-15)12(3)8-14/h6-8,11H,5,9-10,15H2,1-4H3. The highest BCUT2D eigenvalue weighted by atomic mass is 32.2. The van der Waals surface area contributed by atoms with Gasteiger partial charge in [-0.1, -0.05) is 26.3 Å². The third-order valence-corrected chi connectivity index (χ3v) is 5.33. The third kappa shape index (κ3) is 3.78. The Labute approximate surface area is 116 Å². The number of hydrogen-bond donors (Lipinski definition) is 1. The van der Waals surface area contributed by atoms with E-state index in [9.17, 15) is 8.42 Å². The van der Waals surface area contributed by atoms with Crippen molar-refractivity contribution in [3.05, 3.63) is 29.3 Å². The minimum absolute atomic E-state index is 0.341. The normalized spacial score (nSPS) is 13.8. The van der Waals surface area contributed by atoms with E-state index in [4.69, 9.17) is 5.73 Å². The van der Waals surface area contributed by atoms with Crippen LogP contribution in [0, 0.1) is 12.8 Å². The van der Waals surface area contributed by atoms with E-state index < -0.39 is 10.0 Å². The van der Waals surface area contributed by atoms with Crippen molar-refractivity contribution in [3.8, 4) is 0 Å². The molecule has 4 nitrogen and oxygen atoms in total. The Hall–Kier alpha value is -0.910. The van der Waals surface area contributed by atoms with Gasteiger partial charge in [-0.3, -0.25) is 0 Å². The van der Waals surface area contributed by atoms with Gasteiger partial charge in [0.1, 0.15) is 0 Å². The molecule has 108 valence electrons. The highest BCUT2D eigenvalue weighted by molar-refractivity contribution is 7.89. The molecule has 1 unspecified atom stereocenters. The summed E-state index contributed by atoms with van der Waals surface area (Å²) in [6, 6.07) is 5.13. The van der Waals surface area contributed by atoms with Crippen molar-refractivity contribution >= 4 is 10.0 Å². The van der Waals surface area contributed by atoms with Crippen LogP contribution in [-0.4, -0.2) is 26.3 Å². The van der Waals surface area contributed by atoms with Gasteiger partial charge in [-0.05, 0) is 36.1 Å². The van der Waals surface area contributed by atoms with Gasteiger partial charge in [0.05, 0.1) is 4.90 Å². The van der Waals surface area contributed by atoms with E-state index in [0.717, 1.165) is 17.5 Å². The minimum atomic E-state index is -3.40. The van der Waals surface area contributed by atoms with Crippen LogP contribution >= 0.6 is 0 Å². The highest BCUT2D eigenvalue weighted by Crippen LogP contribution is 2.19. The van der Waals surface area contributed by atoms with Crippen molar-refractivity contribution in [1.82, 2.24) is 4.31 Å². The fourth-order valence-corrected chi connectivity index (χ4v) is 3.28. The van der Waals surface area contributed by atoms with Crippen LogP contribution in [-0.2, 0) is 16.6 Å². The summed E-state index contributed by atoms with van der Waals surface area (Å²) >= 11 is 0. The number of hydrogen-bond acceptors (Lipinski definition) is 3. The average molecular weight is 284 g/mol. The average Bonchev–Trinajstić information content (AvgIpc) is 2.38. The molecule has 0 aliphatic heterocycles. The lowest BCUT2D eigenvalue weighted by molar-refractivity contribution is 0.393. The Morgan fingerprint density at radius 1 is 1.37 bits per heavy atom. The molecule has 0 aromatic heterocycles. The van der Waals surface area contributed by atoms with Crippen molar-refractivity contribution in [1.29, 1.82) is 0 Å². The zero-order valence-electron chi connectivity index (χ0n) is 12.2. The molecule has 1 aromatic carbocycles. The van der Waals surface area contributed by atoms with E-state index in [1.807, 2.05) is 6.92 Å². The maximum absolute atomic E-state index is 12.4. The molecule has 0 heterocycles. The monoisotopic (exact) mass is 284 g/mol. The van der Waals surface area contributed by atoms with E-state index >= 15 is 0 Å². The number of rotatable bonds is 6. The van der Waals surface area contributed by atoms with E-state index in [1.54, 1.807) is 25.2 Å². The fraction of sp³-hybridized carbons (Fsp3) is 0.571. The molecule has 1 aromatic rings. The molecule has 2 N–H and O–H groups in total. The summed E-state index contributed by atoms with van der Waals surface area (Å²) in [5.41, 5.74) is 7.49. The first-order valence-corrected chi connectivity index (χ1v) is 8.02. The van der Waals surface area contributed by atoms with Gasteiger partial charge in [-0.2, -0.15) is 0 Å². The predicted molar refractivity (Wildman–Crippen MR) is 78.3 cm³/mol. The van der Waals surface area contributed by atoms with E-state index in [0.29, 0.717) is 23.9 Å². The smallest absolute Gasteiger partial charge is 0.242 e. The van der Waals surface area contributed by atoms with Gasteiger partial charge in [0.25, 0.3) is 0 Å². The van der Waals surface area contributed by atoms with Crippen molar-refractivity contribution in [2.75, 3.05) is 13.6 Å². The van der Waals surface area contributed by atoms with Gasteiger partial charge in [-0.15, -0.1) is 0 Å². The molecule has 0 fully saturated rings. The molecule has 19 heavy (non-hydrogen) atoms. The van der Waals surface area contributed by atoms with Gasteiger partial charge in [0.2, 0.25) is 10.0 Å². The summed E-state index contributed by atoms with van der Waals surface area (Å²) < 4.78 is 26.3. The Morgan fingerprint density at radius 2 is 2.00 bits per heavy atom. The number of aryl methyl sites for hydroxylation is 1. The van der Waals surface area contributed by atoms with Gasteiger partial charge in [0.15, 0.2) is 0 Å². The lowest BCUT2D eigenvalue weighted by Crippen LogP contribution is -2.31. The number of nitrogens with two attached hydrogens (primary N) is 1. The quantitative estimate of drug-likeness (QED) is 0.870. The van der Waals surface area contributed by atoms with Crippen LogP contribution in [0.4, 0.5) is 0 Å². The lowest BCUT2D eigenvalue weighted by atomic mass is 10.1. The second-order valence-corrected chi connectivity index (χ2v) is 7.14. The molecule has 0 saturated carbocycles. The number of sulfonamides is 1. The Bertz CT molecular complexity index is 526. The first-order valence-electron chi connectivity index (χ1n) is 6.58. The fourth-order valence-electron chi connectivity index (χ4n) is 1.90. The maximum Gasteiger partial charge on any atom is 0.242 e. The van der Waals surface area contributed by atoms with Gasteiger partial charge >= 0.3 is 0 Å². The van der Waals surface area contributed by atoms with Crippen molar-refractivity contribution < 1.29 is 8.42 Å². The third-order valence-electron chi connectivity index (χ3n) is 3.51. The molecule has 0 radical (unpaired) electrons. The largest absolute Gasteiger partial charge is 0.326 e. The molecule has 5 heteroatoms. The van der Waals surface area contributed by atoms with Crippen LogP contribution in [0.15, 0.2) is 23.1 Å². The lowest BCUT2D eigenvalue weighted by Gasteiger charge is -2.21. The summed E-state index contributed by atoms with van der Waals surface area (Å²) in [6.07, 6.45) is 0.963. The van der Waals surface area contributed by atoms with Crippen molar-refractivity contribution in [2.24, 2.45) is 11.7 Å². The first kappa shape index (κ1) is 16.1. The van der Waals surface area contributed by atoms with Gasteiger partial charge < -0.3 is 5.73 Å². The molecule has 0 aliphatic rings. The predicted octanol–water partition coefficient (Wildman–Crippen LogP) is 2.12. The molecule has 0 spiro atoms. The van der Waals surface area contributed by atoms with Crippen LogP contribution in [0.3, 0.4) is 0 Å². The Balaban J connectivity index is 3.03. The van der Waals surface area contributed by atoms with Crippen LogP contribution < -0.4 is 5.73 Å². The van der Waals surface area contributed by atoms with Crippen LogP contribution in [0.2, 0.25) is 0 Å². The topological polar surface area (TPSA) is 63.4 Å². The summed E-state index contributed by atoms with van der Waals surface area (Å²) in [6.45, 7) is 6.96. The molecule has 0 amide bonds. The molecule has 0 bridgehead atoms. The Kier molecular flexibility index (Phi) is 5.52. The first-order chi connectivity index (χ1) is 8.82. The zero-order valence-corrected chi connectivity index (χ0v) is 13.0. The summed E-state index contributed by atoms with van der Waals surface area (Å²) in [5, 5.41) is 0. The van der Waals surface area contributed by atoms with Crippen LogP contribution in [0.1, 0.15) is 31.4 Å². The maximum atomic E-state index is 12.4. The molecular weight excluding hydrogens is 260 g/mol. The summed E-state index contributed by atoms with van der Waals surface area (Å²) in [4.78, 5) is 0.341. The van der Waals surface area contributed by atoms with E-state index in [1.165, 1.54) is 4.31 Å². The SMILES string of the molecule is CCC(C)CN(C)S(=O)(=O)c1ccc(CN)c(C)c1.